The van der Waals surface area contributed by atoms with E-state index in [2.05, 4.69) is 25.1 Å². The summed E-state index contributed by atoms with van der Waals surface area (Å²) in [5.74, 6) is 0.0160. The Labute approximate surface area is 128 Å². The Bertz CT molecular complexity index is 430. The summed E-state index contributed by atoms with van der Waals surface area (Å²) in [7, 11) is 0. The van der Waals surface area contributed by atoms with Gasteiger partial charge in [-0.05, 0) is 51.0 Å². The first kappa shape index (κ1) is 17.7. The molecular weight excluding hydrogens is 266 g/mol. The minimum absolute atomic E-state index is 0.0539. The van der Waals surface area contributed by atoms with Gasteiger partial charge in [0.25, 0.3) is 0 Å². The summed E-state index contributed by atoms with van der Waals surface area (Å²) < 4.78 is 5.50. The number of esters is 1. The summed E-state index contributed by atoms with van der Waals surface area (Å²) in [6, 6.07) is 0. The molecule has 1 rings (SSSR count). The van der Waals surface area contributed by atoms with Crippen LogP contribution in [0.25, 0.3) is 0 Å². The second-order valence-electron chi connectivity index (χ2n) is 7.34. The fourth-order valence-electron chi connectivity index (χ4n) is 2.39. The third kappa shape index (κ3) is 5.18. The molecule has 0 amide bonds. The molecule has 120 valence electrons. The van der Waals surface area contributed by atoms with Crippen molar-refractivity contribution >= 4 is 12.2 Å². The first-order valence-corrected chi connectivity index (χ1v) is 7.66. The largest absolute Gasteiger partial charge is 0.460 e. The Morgan fingerprint density at radius 2 is 1.95 bits per heavy atom. The molecule has 0 radical (unpaired) electrons. The van der Waals surface area contributed by atoms with Gasteiger partial charge in [0, 0.05) is 0 Å². The van der Waals surface area contributed by atoms with Crippen LogP contribution in [0.15, 0.2) is 16.8 Å². The van der Waals surface area contributed by atoms with Crippen molar-refractivity contribution < 1.29 is 14.4 Å². The van der Waals surface area contributed by atoms with Gasteiger partial charge in [-0.25, -0.2) is 0 Å². The number of allylic oxidation sites excluding steroid dienone is 2. The highest BCUT2D eigenvalue weighted by Gasteiger charge is 2.61. The lowest BCUT2D eigenvalue weighted by Gasteiger charge is -2.19. The van der Waals surface area contributed by atoms with Gasteiger partial charge in [0.1, 0.15) is 12.2 Å². The van der Waals surface area contributed by atoms with Crippen molar-refractivity contribution in [3.05, 3.63) is 11.6 Å². The predicted octanol–water partition coefficient (Wildman–Crippen LogP) is 3.96. The van der Waals surface area contributed by atoms with Crippen LogP contribution in [0.1, 0.15) is 54.9 Å². The van der Waals surface area contributed by atoms with Gasteiger partial charge in [-0.3, -0.25) is 4.79 Å². The highest BCUT2D eigenvalue weighted by atomic mass is 16.6. The number of carbonyl (C=O) groups is 1. The molecule has 4 nitrogen and oxygen atoms in total. The number of rotatable bonds is 6. The van der Waals surface area contributed by atoms with Crippen molar-refractivity contribution in [2.45, 2.75) is 60.5 Å². The first-order valence-electron chi connectivity index (χ1n) is 7.66. The third-order valence-corrected chi connectivity index (χ3v) is 3.64. The van der Waals surface area contributed by atoms with Gasteiger partial charge in [0.05, 0.1) is 12.1 Å². The van der Waals surface area contributed by atoms with Crippen molar-refractivity contribution in [2.75, 3.05) is 6.61 Å². The van der Waals surface area contributed by atoms with E-state index in [1.165, 1.54) is 0 Å². The summed E-state index contributed by atoms with van der Waals surface area (Å²) >= 11 is 0. The van der Waals surface area contributed by atoms with E-state index in [-0.39, 0.29) is 23.2 Å². The van der Waals surface area contributed by atoms with Crippen molar-refractivity contribution in [2.24, 2.45) is 22.4 Å². The quantitative estimate of drug-likeness (QED) is 0.322. The van der Waals surface area contributed by atoms with Crippen LogP contribution in [-0.2, 0) is 14.4 Å². The van der Waals surface area contributed by atoms with Crippen molar-refractivity contribution in [1.29, 1.82) is 0 Å². The molecule has 0 aromatic heterocycles. The lowest BCUT2D eigenvalue weighted by atomic mass is 10.1. The number of carbonyl (C=O) groups excluding carboxylic acids is 1. The molecule has 0 aliphatic heterocycles. The number of nitrogens with zero attached hydrogens (tertiary/aromatic N) is 1. The van der Waals surface area contributed by atoms with Gasteiger partial charge >= 0.3 is 5.97 Å². The van der Waals surface area contributed by atoms with Crippen LogP contribution in [0.2, 0.25) is 0 Å². The van der Waals surface area contributed by atoms with E-state index in [0.717, 1.165) is 12.0 Å². The fraction of sp³-hybridized carbons (Fsp3) is 0.765. The number of hydrogen-bond donors (Lipinski definition) is 0. The molecule has 21 heavy (non-hydrogen) atoms. The molecule has 0 heterocycles. The van der Waals surface area contributed by atoms with Crippen molar-refractivity contribution in [3.8, 4) is 0 Å². The molecule has 0 N–H and O–H groups in total. The lowest BCUT2D eigenvalue weighted by Crippen LogP contribution is -2.26. The smallest absolute Gasteiger partial charge is 0.310 e. The minimum Gasteiger partial charge on any atom is -0.460 e. The van der Waals surface area contributed by atoms with Crippen LogP contribution in [0.5, 0.6) is 0 Å². The molecule has 0 unspecified atom stereocenters. The Kier molecular flexibility index (Phi) is 5.60. The molecule has 0 aromatic carbocycles. The van der Waals surface area contributed by atoms with E-state index in [1.54, 1.807) is 6.21 Å². The van der Waals surface area contributed by atoms with E-state index in [0.29, 0.717) is 6.61 Å². The molecule has 1 aliphatic carbocycles. The molecule has 2 atom stereocenters. The summed E-state index contributed by atoms with van der Waals surface area (Å²) in [5.41, 5.74) is 0.520. The van der Waals surface area contributed by atoms with Crippen LogP contribution < -0.4 is 0 Å². The van der Waals surface area contributed by atoms with Gasteiger partial charge in [0.2, 0.25) is 0 Å². The summed E-state index contributed by atoms with van der Waals surface area (Å²) in [6.07, 6.45) is 4.74. The molecule has 0 aromatic rings. The SMILES string of the molecule is CCCO/N=C/C(C)=C/[C@@H]1[C@@H](C(=O)OC(C)(C)C)C1(C)C. The molecule has 0 saturated heterocycles. The minimum atomic E-state index is -0.436. The van der Waals surface area contributed by atoms with Gasteiger partial charge in [-0.1, -0.05) is 32.0 Å². The predicted molar refractivity (Wildman–Crippen MR) is 85.1 cm³/mol. The van der Waals surface area contributed by atoms with Gasteiger partial charge in [-0.15, -0.1) is 0 Å². The Hall–Kier alpha value is -1.32. The van der Waals surface area contributed by atoms with Gasteiger partial charge in [-0.2, -0.15) is 0 Å². The zero-order valence-electron chi connectivity index (χ0n) is 14.4. The Balaban J connectivity index is 2.63. The van der Waals surface area contributed by atoms with Gasteiger partial charge in [0.15, 0.2) is 0 Å². The highest BCUT2D eigenvalue weighted by molar-refractivity contribution is 5.81. The van der Waals surface area contributed by atoms with Crippen molar-refractivity contribution in [1.82, 2.24) is 0 Å². The second kappa shape index (κ2) is 6.63. The summed E-state index contributed by atoms with van der Waals surface area (Å²) in [6.45, 7) is 14.5. The summed E-state index contributed by atoms with van der Waals surface area (Å²) in [5, 5.41) is 3.91. The topological polar surface area (TPSA) is 47.9 Å². The Morgan fingerprint density at radius 3 is 2.48 bits per heavy atom. The van der Waals surface area contributed by atoms with E-state index in [1.807, 2.05) is 34.6 Å². The molecule has 1 aliphatic rings. The monoisotopic (exact) mass is 295 g/mol. The first-order chi connectivity index (χ1) is 9.59. The molecule has 0 bridgehead atoms. The second-order valence-corrected chi connectivity index (χ2v) is 7.34. The lowest BCUT2D eigenvalue weighted by molar-refractivity contribution is -0.157. The molecular formula is C17H29NO3. The molecule has 4 heteroatoms. The maximum absolute atomic E-state index is 12.2. The Morgan fingerprint density at radius 1 is 1.33 bits per heavy atom. The summed E-state index contributed by atoms with van der Waals surface area (Å²) in [4.78, 5) is 17.3. The average molecular weight is 295 g/mol. The van der Waals surface area contributed by atoms with Crippen LogP contribution in [0.3, 0.4) is 0 Å². The molecule has 1 fully saturated rings. The van der Waals surface area contributed by atoms with Crippen LogP contribution in [0.4, 0.5) is 0 Å². The maximum atomic E-state index is 12.2. The van der Waals surface area contributed by atoms with Crippen LogP contribution in [-0.4, -0.2) is 24.4 Å². The third-order valence-electron chi connectivity index (χ3n) is 3.64. The van der Waals surface area contributed by atoms with E-state index in [4.69, 9.17) is 9.57 Å². The van der Waals surface area contributed by atoms with E-state index >= 15 is 0 Å². The zero-order chi connectivity index (χ0) is 16.3. The number of ether oxygens (including phenoxy) is 1. The van der Waals surface area contributed by atoms with Crippen molar-refractivity contribution in [3.63, 3.8) is 0 Å². The molecule has 1 saturated carbocycles. The standard InChI is InChI=1S/C17H29NO3/c1-8-9-20-18-11-12(2)10-13-14(17(13,6)7)15(19)21-16(3,4)5/h10-11,13-14H,8-9H2,1-7H3/b12-10+,18-11+/t13-,14+/m1/s1. The number of oxime groups is 1. The van der Waals surface area contributed by atoms with E-state index in [9.17, 15) is 4.79 Å². The van der Waals surface area contributed by atoms with Crippen LogP contribution in [0, 0.1) is 17.3 Å². The maximum Gasteiger partial charge on any atom is 0.310 e. The molecule has 0 spiro atoms. The average Bonchev–Trinajstić information content (AvgIpc) is 2.84. The van der Waals surface area contributed by atoms with Gasteiger partial charge < -0.3 is 9.57 Å². The number of hydrogen-bond acceptors (Lipinski definition) is 4. The fourth-order valence-corrected chi connectivity index (χ4v) is 2.39. The zero-order valence-corrected chi connectivity index (χ0v) is 14.4. The van der Waals surface area contributed by atoms with E-state index < -0.39 is 5.60 Å². The highest BCUT2D eigenvalue weighted by Crippen LogP contribution is 2.60. The normalized spacial score (nSPS) is 25.0. The van der Waals surface area contributed by atoms with Crippen LogP contribution >= 0.6 is 0 Å².